The number of rotatable bonds is 6. The largest absolute Gasteiger partial charge is 0.453 e. The van der Waals surface area contributed by atoms with Crippen LogP contribution in [0.15, 0.2) is 29.6 Å². The van der Waals surface area contributed by atoms with E-state index in [1.165, 1.54) is 50.0 Å². The molecule has 0 atom stereocenters. The highest BCUT2D eigenvalue weighted by molar-refractivity contribution is 7.14. The van der Waals surface area contributed by atoms with Crippen molar-refractivity contribution in [2.75, 3.05) is 11.9 Å². The van der Waals surface area contributed by atoms with E-state index >= 15 is 0 Å². The molecule has 142 valence electrons. The van der Waals surface area contributed by atoms with Gasteiger partial charge < -0.3 is 10.1 Å². The number of amides is 1. The van der Waals surface area contributed by atoms with Crippen LogP contribution in [0.3, 0.4) is 0 Å². The fourth-order valence-corrected chi connectivity index (χ4v) is 3.97. The van der Waals surface area contributed by atoms with E-state index in [2.05, 4.69) is 10.3 Å². The van der Waals surface area contributed by atoms with Gasteiger partial charge in [0.05, 0.1) is 0 Å². The average Bonchev–Trinajstić information content (AvgIpc) is 3.14. The van der Waals surface area contributed by atoms with Crippen LogP contribution in [0.2, 0.25) is 0 Å². The van der Waals surface area contributed by atoms with Gasteiger partial charge in [-0.2, -0.15) is 0 Å². The lowest BCUT2D eigenvalue weighted by molar-refractivity contribution is -0.114. The van der Waals surface area contributed by atoms with E-state index in [4.69, 9.17) is 4.74 Å². The van der Waals surface area contributed by atoms with E-state index in [-0.39, 0.29) is 24.0 Å². The Morgan fingerprint density at radius 3 is 2.52 bits per heavy atom. The van der Waals surface area contributed by atoms with Crippen molar-refractivity contribution in [2.45, 2.75) is 44.9 Å². The molecule has 7 heteroatoms. The molecule has 1 heterocycles. The summed E-state index contributed by atoms with van der Waals surface area (Å²) in [5.41, 5.74) is 1.87. The number of hydrogen-bond acceptors (Lipinski definition) is 6. The Morgan fingerprint density at radius 1 is 1.15 bits per heavy atom. The molecule has 1 aliphatic carbocycles. The van der Waals surface area contributed by atoms with Crippen LogP contribution in [0.25, 0.3) is 0 Å². The van der Waals surface area contributed by atoms with Crippen LogP contribution in [0, 0.1) is 0 Å². The summed E-state index contributed by atoms with van der Waals surface area (Å²) in [7, 11) is 0. The molecule has 1 N–H and O–H groups in total. The topological polar surface area (TPSA) is 85.4 Å². The molecule has 1 fully saturated rings. The first kappa shape index (κ1) is 19.2. The van der Waals surface area contributed by atoms with Gasteiger partial charge in [-0.15, -0.1) is 11.3 Å². The van der Waals surface area contributed by atoms with Crippen molar-refractivity contribution in [1.29, 1.82) is 0 Å². The van der Waals surface area contributed by atoms with Crippen molar-refractivity contribution >= 4 is 34.1 Å². The number of aromatic nitrogens is 1. The van der Waals surface area contributed by atoms with Gasteiger partial charge in [0.2, 0.25) is 5.91 Å². The van der Waals surface area contributed by atoms with Crippen molar-refractivity contribution in [3.8, 4) is 0 Å². The van der Waals surface area contributed by atoms with E-state index in [1.54, 1.807) is 12.1 Å². The van der Waals surface area contributed by atoms with Crippen LogP contribution in [-0.4, -0.2) is 29.3 Å². The highest BCUT2D eigenvalue weighted by Gasteiger charge is 2.18. The number of ketones is 1. The zero-order chi connectivity index (χ0) is 19.2. The van der Waals surface area contributed by atoms with Crippen LogP contribution in [0.4, 0.5) is 5.13 Å². The Morgan fingerprint density at radius 2 is 1.85 bits per heavy atom. The van der Waals surface area contributed by atoms with Gasteiger partial charge in [-0.05, 0) is 24.3 Å². The molecule has 0 bridgehead atoms. The lowest BCUT2D eigenvalue weighted by atomic mass is 9.84. The second-order valence-electron chi connectivity index (χ2n) is 6.68. The van der Waals surface area contributed by atoms with Crippen molar-refractivity contribution in [1.82, 2.24) is 4.98 Å². The molecule has 6 nitrogen and oxygen atoms in total. The van der Waals surface area contributed by atoms with E-state index in [0.29, 0.717) is 16.6 Å². The van der Waals surface area contributed by atoms with Gasteiger partial charge in [-0.3, -0.25) is 9.59 Å². The Bertz CT molecular complexity index is 823. The first-order chi connectivity index (χ1) is 13.0. The van der Waals surface area contributed by atoms with E-state index < -0.39 is 5.97 Å². The normalized spacial score (nSPS) is 14.6. The van der Waals surface area contributed by atoms with Gasteiger partial charge in [0.1, 0.15) is 0 Å². The van der Waals surface area contributed by atoms with Crippen molar-refractivity contribution in [3.63, 3.8) is 0 Å². The first-order valence-corrected chi connectivity index (χ1v) is 9.94. The zero-order valence-electron chi connectivity index (χ0n) is 15.2. The molecular weight excluding hydrogens is 364 g/mol. The van der Waals surface area contributed by atoms with Crippen LogP contribution in [0.1, 0.15) is 71.4 Å². The predicted molar refractivity (Wildman–Crippen MR) is 103 cm³/mol. The summed E-state index contributed by atoms with van der Waals surface area (Å²) in [5, 5.41) is 4.30. The summed E-state index contributed by atoms with van der Waals surface area (Å²) in [5.74, 6) is -0.620. The maximum absolute atomic E-state index is 12.3. The van der Waals surface area contributed by atoms with E-state index in [0.717, 1.165) is 11.3 Å². The number of Topliss-reactive ketones (excluding diaryl/α,β-unsaturated/α-hetero) is 1. The number of anilines is 1. The summed E-state index contributed by atoms with van der Waals surface area (Å²) in [6, 6.07) is 7.62. The third kappa shape index (κ3) is 5.23. The monoisotopic (exact) mass is 386 g/mol. The molecule has 1 aromatic heterocycles. The molecule has 1 aromatic carbocycles. The molecular formula is C20H22N2O4S. The lowest BCUT2D eigenvalue weighted by Gasteiger charge is -2.22. The van der Waals surface area contributed by atoms with Crippen molar-refractivity contribution in [2.24, 2.45) is 0 Å². The van der Waals surface area contributed by atoms with Gasteiger partial charge in [0.25, 0.3) is 0 Å². The smallest absolute Gasteiger partial charge is 0.358 e. The lowest BCUT2D eigenvalue weighted by Crippen LogP contribution is -2.15. The molecule has 0 aliphatic heterocycles. The summed E-state index contributed by atoms with van der Waals surface area (Å²) in [4.78, 5) is 39.2. The highest BCUT2D eigenvalue weighted by atomic mass is 32.1. The quantitative estimate of drug-likeness (QED) is 0.594. The highest BCUT2D eigenvalue weighted by Crippen LogP contribution is 2.32. The third-order valence-corrected chi connectivity index (χ3v) is 5.40. The predicted octanol–water partition coefficient (Wildman–Crippen LogP) is 4.19. The summed E-state index contributed by atoms with van der Waals surface area (Å²) in [6.45, 7) is 1.02. The molecule has 0 spiro atoms. The van der Waals surface area contributed by atoms with Crippen LogP contribution in [-0.2, 0) is 9.53 Å². The van der Waals surface area contributed by atoms with Crippen molar-refractivity contribution in [3.05, 3.63) is 46.5 Å². The molecule has 1 amide bonds. The molecule has 2 aromatic rings. The Kier molecular flexibility index (Phi) is 6.34. The number of ether oxygens (including phenoxy) is 1. The third-order valence-electron chi connectivity index (χ3n) is 4.64. The van der Waals surface area contributed by atoms with Crippen molar-refractivity contribution < 1.29 is 19.1 Å². The minimum absolute atomic E-state index is 0.0733. The molecule has 1 aliphatic rings. The second-order valence-corrected chi connectivity index (χ2v) is 7.53. The minimum Gasteiger partial charge on any atom is -0.453 e. The summed E-state index contributed by atoms with van der Waals surface area (Å²) in [6.07, 6.45) is 6.25. The summed E-state index contributed by atoms with van der Waals surface area (Å²) >= 11 is 1.12. The zero-order valence-corrected chi connectivity index (χ0v) is 16.0. The van der Waals surface area contributed by atoms with E-state index in [1.807, 2.05) is 12.1 Å². The number of benzene rings is 1. The number of thiazole rings is 1. The SMILES string of the molecule is CC(=O)Nc1nc(C(=O)OCC(=O)c2ccc(C3CCCCC3)cc2)cs1. The number of carbonyl (C=O) groups excluding carboxylic acids is 3. The number of esters is 1. The van der Waals surface area contributed by atoms with Gasteiger partial charge >= 0.3 is 5.97 Å². The van der Waals surface area contributed by atoms with Crippen LogP contribution >= 0.6 is 11.3 Å². The first-order valence-electron chi connectivity index (χ1n) is 9.06. The molecule has 27 heavy (non-hydrogen) atoms. The van der Waals surface area contributed by atoms with Gasteiger partial charge in [-0.25, -0.2) is 9.78 Å². The number of nitrogens with zero attached hydrogens (tertiary/aromatic N) is 1. The van der Waals surface area contributed by atoms with Gasteiger partial charge in [0, 0.05) is 17.9 Å². The average molecular weight is 386 g/mol. The maximum atomic E-state index is 12.3. The molecule has 0 unspecified atom stereocenters. The number of carbonyl (C=O) groups is 3. The Balaban J connectivity index is 1.53. The Hall–Kier alpha value is -2.54. The summed E-state index contributed by atoms with van der Waals surface area (Å²) < 4.78 is 5.05. The second kappa shape index (κ2) is 8.90. The number of nitrogens with one attached hydrogen (secondary N) is 1. The molecule has 3 rings (SSSR count). The van der Waals surface area contributed by atoms with E-state index in [9.17, 15) is 14.4 Å². The molecule has 1 saturated carbocycles. The van der Waals surface area contributed by atoms with Gasteiger partial charge in [0.15, 0.2) is 23.2 Å². The van der Waals surface area contributed by atoms with Crippen LogP contribution < -0.4 is 5.32 Å². The van der Waals surface area contributed by atoms with Crippen LogP contribution in [0.5, 0.6) is 0 Å². The number of hydrogen-bond donors (Lipinski definition) is 1. The van der Waals surface area contributed by atoms with Gasteiger partial charge in [-0.1, -0.05) is 43.5 Å². The standard InChI is InChI=1S/C20H22N2O4S/c1-13(23)21-20-22-17(12-27-20)19(25)26-11-18(24)16-9-7-15(8-10-16)14-5-3-2-4-6-14/h7-10,12,14H,2-6,11H2,1H3,(H,21,22,23). The fraction of sp³-hybridized carbons (Fsp3) is 0.400. The maximum Gasteiger partial charge on any atom is 0.358 e. The molecule has 0 radical (unpaired) electrons. The molecule has 0 saturated heterocycles. The minimum atomic E-state index is -0.685. The Labute approximate surface area is 162 Å². The fourth-order valence-electron chi connectivity index (χ4n) is 3.24.